The smallest absolute Gasteiger partial charge is 0.261 e. The monoisotopic (exact) mass is 262 g/mol. The van der Waals surface area contributed by atoms with Gasteiger partial charge < -0.3 is 5.32 Å². The summed E-state index contributed by atoms with van der Waals surface area (Å²) in [5.74, 6) is -0.319. The van der Waals surface area contributed by atoms with Crippen molar-refractivity contribution in [3.8, 4) is 0 Å². The van der Waals surface area contributed by atoms with E-state index in [0.717, 1.165) is 4.31 Å². The minimum absolute atomic E-state index is 0.0862. The van der Waals surface area contributed by atoms with E-state index >= 15 is 0 Å². The first kappa shape index (κ1) is 13.1. The van der Waals surface area contributed by atoms with Crippen molar-refractivity contribution in [2.24, 2.45) is 0 Å². The van der Waals surface area contributed by atoms with Gasteiger partial charge in [-0.3, -0.25) is 4.79 Å². The third-order valence-corrected chi connectivity index (χ3v) is 4.65. The first-order valence-corrected chi connectivity index (χ1v) is 7.14. The third kappa shape index (κ3) is 3.58. The molecule has 0 saturated carbocycles. The van der Waals surface area contributed by atoms with Crippen molar-refractivity contribution in [2.75, 3.05) is 26.4 Å². The highest BCUT2D eigenvalue weighted by atomic mass is 32.2. The van der Waals surface area contributed by atoms with Crippen LogP contribution in [-0.4, -0.2) is 45.0 Å². The first-order valence-electron chi connectivity index (χ1n) is 4.65. The molecule has 1 amide bonds. The second-order valence-corrected chi connectivity index (χ2v) is 6.58. The number of amides is 1. The minimum Gasteiger partial charge on any atom is -0.350 e. The van der Waals surface area contributed by atoms with Gasteiger partial charge in [-0.25, -0.2) is 12.7 Å². The lowest BCUT2D eigenvalue weighted by Gasteiger charge is -2.11. The van der Waals surface area contributed by atoms with Gasteiger partial charge in [0.2, 0.25) is 10.0 Å². The van der Waals surface area contributed by atoms with Crippen LogP contribution in [0.3, 0.4) is 0 Å². The molecule has 0 aromatic carbocycles. The molecule has 0 bridgehead atoms. The van der Waals surface area contributed by atoms with E-state index in [1.54, 1.807) is 17.5 Å². The topological polar surface area (TPSA) is 66.5 Å². The predicted molar refractivity (Wildman–Crippen MR) is 64.1 cm³/mol. The number of nitrogens with one attached hydrogen (secondary N) is 1. The van der Waals surface area contributed by atoms with E-state index in [2.05, 4.69) is 5.32 Å². The van der Waals surface area contributed by atoms with Crippen molar-refractivity contribution >= 4 is 27.3 Å². The Morgan fingerprint density at radius 2 is 2.19 bits per heavy atom. The molecule has 0 aliphatic carbocycles. The number of carbonyl (C=O) groups excluding carboxylic acids is 1. The quantitative estimate of drug-likeness (QED) is 0.833. The maximum absolute atomic E-state index is 11.5. The number of hydrogen-bond donors (Lipinski definition) is 1. The molecule has 0 radical (unpaired) electrons. The molecule has 90 valence electrons. The Labute approximate surface area is 99.1 Å². The molecule has 7 heteroatoms. The van der Waals surface area contributed by atoms with E-state index < -0.39 is 10.0 Å². The largest absolute Gasteiger partial charge is 0.350 e. The molecule has 0 aliphatic heterocycles. The molecule has 1 rings (SSSR count). The molecule has 0 fully saturated rings. The maximum atomic E-state index is 11.5. The number of rotatable bonds is 5. The Balaban J connectivity index is 2.40. The van der Waals surface area contributed by atoms with Crippen molar-refractivity contribution in [1.29, 1.82) is 0 Å². The van der Waals surface area contributed by atoms with Gasteiger partial charge in [0.25, 0.3) is 5.91 Å². The SMILES string of the molecule is CN(C)S(=O)(=O)CCNC(=O)c1cccs1. The summed E-state index contributed by atoms with van der Waals surface area (Å²) in [6.45, 7) is 0.122. The van der Waals surface area contributed by atoms with Crippen molar-refractivity contribution in [3.05, 3.63) is 22.4 Å². The van der Waals surface area contributed by atoms with Gasteiger partial charge in [-0.05, 0) is 11.4 Å². The molecule has 0 spiro atoms. The molecule has 0 unspecified atom stereocenters. The van der Waals surface area contributed by atoms with Gasteiger partial charge >= 0.3 is 0 Å². The Morgan fingerprint density at radius 3 is 2.69 bits per heavy atom. The van der Waals surface area contributed by atoms with Gasteiger partial charge in [0.1, 0.15) is 0 Å². The zero-order chi connectivity index (χ0) is 12.2. The summed E-state index contributed by atoms with van der Waals surface area (Å²) in [5, 5.41) is 4.36. The normalized spacial score (nSPS) is 11.7. The van der Waals surface area contributed by atoms with Crippen LogP contribution < -0.4 is 5.32 Å². The van der Waals surface area contributed by atoms with Crippen molar-refractivity contribution in [3.63, 3.8) is 0 Å². The van der Waals surface area contributed by atoms with E-state index in [1.807, 2.05) is 0 Å². The average molecular weight is 262 g/mol. The summed E-state index contributed by atoms with van der Waals surface area (Å²) in [7, 11) is -0.303. The van der Waals surface area contributed by atoms with E-state index in [-0.39, 0.29) is 18.2 Å². The third-order valence-electron chi connectivity index (χ3n) is 1.95. The summed E-state index contributed by atoms with van der Waals surface area (Å²) in [5.41, 5.74) is 0. The molecular weight excluding hydrogens is 248 g/mol. The summed E-state index contributed by atoms with van der Waals surface area (Å²) in [6, 6.07) is 3.47. The molecule has 1 N–H and O–H groups in total. The second-order valence-electron chi connectivity index (χ2n) is 3.33. The van der Waals surface area contributed by atoms with Gasteiger partial charge in [0.15, 0.2) is 0 Å². The van der Waals surface area contributed by atoms with Gasteiger partial charge in [-0.15, -0.1) is 11.3 Å². The highest BCUT2D eigenvalue weighted by molar-refractivity contribution is 7.89. The van der Waals surface area contributed by atoms with E-state index in [9.17, 15) is 13.2 Å². The van der Waals surface area contributed by atoms with Gasteiger partial charge in [-0.1, -0.05) is 6.07 Å². The molecule has 1 aromatic heterocycles. The minimum atomic E-state index is -3.24. The van der Waals surface area contributed by atoms with Crippen LogP contribution in [-0.2, 0) is 10.0 Å². The number of hydrogen-bond acceptors (Lipinski definition) is 4. The molecule has 0 aliphatic rings. The number of nitrogens with zero attached hydrogens (tertiary/aromatic N) is 1. The molecule has 5 nitrogen and oxygen atoms in total. The molecule has 1 heterocycles. The average Bonchev–Trinajstić information content (AvgIpc) is 2.69. The van der Waals surface area contributed by atoms with E-state index in [4.69, 9.17) is 0 Å². The lowest BCUT2D eigenvalue weighted by atomic mass is 10.4. The highest BCUT2D eigenvalue weighted by Gasteiger charge is 2.14. The fraction of sp³-hybridized carbons (Fsp3) is 0.444. The first-order chi connectivity index (χ1) is 7.43. The molecule has 0 atom stereocenters. The van der Waals surface area contributed by atoms with Crippen LogP contribution in [0.5, 0.6) is 0 Å². The Kier molecular flexibility index (Phi) is 4.45. The van der Waals surface area contributed by atoms with Crippen LogP contribution in [0.1, 0.15) is 9.67 Å². The second kappa shape index (κ2) is 5.42. The van der Waals surface area contributed by atoms with Crippen LogP contribution in [0, 0.1) is 0 Å². The van der Waals surface area contributed by atoms with Crippen molar-refractivity contribution < 1.29 is 13.2 Å². The van der Waals surface area contributed by atoms with Crippen molar-refractivity contribution in [2.45, 2.75) is 0 Å². The van der Waals surface area contributed by atoms with E-state index in [0.29, 0.717) is 4.88 Å². The summed E-state index contributed by atoms with van der Waals surface area (Å²) in [4.78, 5) is 12.0. The fourth-order valence-corrected chi connectivity index (χ4v) is 2.34. The number of sulfonamides is 1. The van der Waals surface area contributed by atoms with Crippen LogP contribution in [0.25, 0.3) is 0 Å². The van der Waals surface area contributed by atoms with E-state index in [1.165, 1.54) is 25.4 Å². The Morgan fingerprint density at radius 1 is 1.50 bits per heavy atom. The molecule has 0 saturated heterocycles. The molecule has 1 aromatic rings. The molecule has 16 heavy (non-hydrogen) atoms. The molecular formula is C9H14N2O3S2. The summed E-state index contributed by atoms with van der Waals surface area (Å²) in [6.07, 6.45) is 0. The van der Waals surface area contributed by atoms with Gasteiger partial charge in [0.05, 0.1) is 10.6 Å². The van der Waals surface area contributed by atoms with Gasteiger partial charge in [0, 0.05) is 20.6 Å². The zero-order valence-corrected chi connectivity index (χ0v) is 10.8. The lowest BCUT2D eigenvalue weighted by Crippen LogP contribution is -2.33. The summed E-state index contributed by atoms with van der Waals surface area (Å²) < 4.78 is 23.9. The lowest BCUT2D eigenvalue weighted by molar-refractivity contribution is 0.0960. The van der Waals surface area contributed by atoms with Crippen LogP contribution in [0.2, 0.25) is 0 Å². The number of carbonyl (C=O) groups is 1. The fourth-order valence-electron chi connectivity index (χ4n) is 0.971. The Hall–Kier alpha value is -0.920. The van der Waals surface area contributed by atoms with Crippen LogP contribution in [0.15, 0.2) is 17.5 Å². The zero-order valence-electron chi connectivity index (χ0n) is 9.13. The van der Waals surface area contributed by atoms with Crippen molar-refractivity contribution in [1.82, 2.24) is 9.62 Å². The van der Waals surface area contributed by atoms with Gasteiger partial charge in [-0.2, -0.15) is 0 Å². The maximum Gasteiger partial charge on any atom is 0.261 e. The predicted octanol–water partition coefficient (Wildman–Crippen LogP) is 0.369. The van der Waals surface area contributed by atoms with Crippen LogP contribution in [0.4, 0.5) is 0 Å². The standard InChI is InChI=1S/C9H14N2O3S2/c1-11(2)16(13,14)7-5-10-9(12)8-4-3-6-15-8/h3-4,6H,5,7H2,1-2H3,(H,10,12). The van der Waals surface area contributed by atoms with Crippen LogP contribution >= 0.6 is 11.3 Å². The summed E-state index contributed by atoms with van der Waals surface area (Å²) >= 11 is 1.32. The number of thiophene rings is 1. The Bertz CT molecular complexity index is 437. The highest BCUT2D eigenvalue weighted by Crippen LogP contribution is 2.07.